The number of rotatable bonds is 4. The zero-order valence-electron chi connectivity index (χ0n) is 9.91. The third-order valence-corrected chi connectivity index (χ3v) is 4.69. The van der Waals surface area contributed by atoms with Crippen molar-refractivity contribution in [1.29, 1.82) is 0 Å². The second-order valence-corrected chi connectivity index (χ2v) is 5.79. The molecule has 0 heterocycles. The number of hydrogen-bond donors (Lipinski definition) is 0. The Morgan fingerprint density at radius 3 is 2.67 bits per heavy atom. The fourth-order valence-corrected chi connectivity index (χ4v) is 3.71. The Balaban J connectivity index is 1.97. The molecule has 0 aromatic rings. The summed E-state index contributed by atoms with van der Waals surface area (Å²) in [6.45, 7) is 4.84. The van der Waals surface area contributed by atoms with Gasteiger partial charge in [-0.1, -0.05) is 26.0 Å². The Hall–Kier alpha value is -0.590. The van der Waals surface area contributed by atoms with Crippen molar-refractivity contribution < 1.29 is 4.79 Å². The second-order valence-electron chi connectivity index (χ2n) is 5.79. The Kier molecular flexibility index (Phi) is 2.99. The van der Waals surface area contributed by atoms with Crippen LogP contribution in [0.4, 0.5) is 0 Å². The maximum absolute atomic E-state index is 10.2. The fraction of sp³-hybridized carbons (Fsp3) is 0.786. The van der Waals surface area contributed by atoms with Gasteiger partial charge in [-0.25, -0.2) is 0 Å². The van der Waals surface area contributed by atoms with Gasteiger partial charge in [0.15, 0.2) is 0 Å². The minimum Gasteiger partial charge on any atom is -0.303 e. The highest BCUT2D eigenvalue weighted by atomic mass is 16.1. The summed E-state index contributed by atoms with van der Waals surface area (Å²) in [4.78, 5) is 10.2. The molecule has 1 heteroatoms. The molecular weight excluding hydrogens is 184 g/mol. The molecular formula is C14H22O. The third kappa shape index (κ3) is 1.89. The highest BCUT2D eigenvalue weighted by Crippen LogP contribution is 2.59. The Morgan fingerprint density at radius 2 is 2.07 bits per heavy atom. The van der Waals surface area contributed by atoms with Gasteiger partial charge in [0.2, 0.25) is 0 Å². The first-order chi connectivity index (χ1) is 7.16. The molecule has 2 bridgehead atoms. The number of carbonyl (C=O) groups is 1. The van der Waals surface area contributed by atoms with E-state index < -0.39 is 0 Å². The lowest BCUT2D eigenvalue weighted by atomic mass is 9.68. The normalized spacial score (nSPS) is 37.6. The minimum absolute atomic E-state index is 0.501. The van der Waals surface area contributed by atoms with Crippen LogP contribution in [0.25, 0.3) is 0 Å². The molecule has 0 radical (unpaired) electrons. The predicted molar refractivity (Wildman–Crippen MR) is 62.5 cm³/mol. The number of fused-ring (bicyclic) bond motifs is 2. The predicted octanol–water partition coefficient (Wildman–Crippen LogP) is 3.59. The summed E-state index contributed by atoms with van der Waals surface area (Å²) in [5, 5.41) is 0. The lowest BCUT2D eigenvalue weighted by Crippen LogP contribution is -2.29. The van der Waals surface area contributed by atoms with Gasteiger partial charge >= 0.3 is 0 Å². The van der Waals surface area contributed by atoms with Crippen molar-refractivity contribution in [3.63, 3.8) is 0 Å². The number of allylic oxidation sites excluding steroid dienone is 2. The molecule has 2 aliphatic carbocycles. The molecule has 0 aromatic heterocycles. The van der Waals surface area contributed by atoms with E-state index in [1.807, 2.05) is 0 Å². The molecule has 84 valence electrons. The van der Waals surface area contributed by atoms with Crippen LogP contribution in [-0.4, -0.2) is 6.29 Å². The first-order valence-electron chi connectivity index (χ1n) is 6.26. The van der Waals surface area contributed by atoms with Crippen molar-refractivity contribution in [3.8, 4) is 0 Å². The largest absolute Gasteiger partial charge is 0.303 e. The van der Waals surface area contributed by atoms with Crippen molar-refractivity contribution in [3.05, 3.63) is 12.2 Å². The average molecular weight is 206 g/mol. The van der Waals surface area contributed by atoms with Gasteiger partial charge in [0.25, 0.3) is 0 Å². The van der Waals surface area contributed by atoms with Gasteiger partial charge in [0.05, 0.1) is 0 Å². The molecule has 0 amide bonds. The molecule has 3 atom stereocenters. The van der Waals surface area contributed by atoms with E-state index in [4.69, 9.17) is 0 Å². The molecule has 3 unspecified atom stereocenters. The highest BCUT2D eigenvalue weighted by molar-refractivity contribution is 5.49. The van der Waals surface area contributed by atoms with E-state index in [0.717, 1.165) is 30.5 Å². The van der Waals surface area contributed by atoms with Crippen LogP contribution in [0.15, 0.2) is 12.2 Å². The molecule has 2 saturated carbocycles. The summed E-state index contributed by atoms with van der Waals surface area (Å²) in [5.41, 5.74) is 0.501. The van der Waals surface area contributed by atoms with Crippen LogP contribution in [0, 0.1) is 23.2 Å². The first kappa shape index (κ1) is 10.9. The van der Waals surface area contributed by atoms with Crippen LogP contribution in [0.5, 0.6) is 0 Å². The van der Waals surface area contributed by atoms with Crippen molar-refractivity contribution >= 4 is 6.29 Å². The smallest absolute Gasteiger partial charge is 0.120 e. The molecule has 2 fully saturated rings. The Morgan fingerprint density at radius 1 is 1.27 bits per heavy atom. The van der Waals surface area contributed by atoms with Gasteiger partial charge in [0, 0.05) is 6.42 Å². The van der Waals surface area contributed by atoms with Crippen LogP contribution < -0.4 is 0 Å². The van der Waals surface area contributed by atoms with E-state index in [1.165, 1.54) is 19.3 Å². The van der Waals surface area contributed by atoms with E-state index in [1.54, 1.807) is 0 Å². The zero-order chi connectivity index (χ0) is 10.9. The van der Waals surface area contributed by atoms with Crippen LogP contribution in [0.2, 0.25) is 0 Å². The van der Waals surface area contributed by atoms with Crippen molar-refractivity contribution in [1.82, 2.24) is 0 Å². The molecule has 0 aliphatic heterocycles. The zero-order valence-corrected chi connectivity index (χ0v) is 9.91. The summed E-state index contributed by atoms with van der Waals surface area (Å²) in [6, 6.07) is 0. The van der Waals surface area contributed by atoms with E-state index >= 15 is 0 Å². The van der Waals surface area contributed by atoms with Crippen molar-refractivity contribution in [2.45, 2.75) is 46.0 Å². The first-order valence-corrected chi connectivity index (χ1v) is 6.26. The van der Waals surface area contributed by atoms with E-state index in [0.29, 0.717) is 11.8 Å². The lowest BCUT2D eigenvalue weighted by molar-refractivity contribution is -0.107. The summed E-state index contributed by atoms with van der Waals surface area (Å²) >= 11 is 0. The van der Waals surface area contributed by atoms with Gasteiger partial charge in [-0.3, -0.25) is 0 Å². The average Bonchev–Trinajstić information content (AvgIpc) is 2.73. The number of aldehydes is 1. The van der Waals surface area contributed by atoms with Gasteiger partial charge < -0.3 is 4.79 Å². The molecule has 2 rings (SSSR count). The van der Waals surface area contributed by atoms with Gasteiger partial charge in [-0.2, -0.15) is 0 Å². The molecule has 0 aromatic carbocycles. The van der Waals surface area contributed by atoms with E-state index in [9.17, 15) is 4.79 Å². The van der Waals surface area contributed by atoms with Gasteiger partial charge in [-0.15, -0.1) is 0 Å². The van der Waals surface area contributed by atoms with Crippen LogP contribution in [0.3, 0.4) is 0 Å². The van der Waals surface area contributed by atoms with E-state index in [2.05, 4.69) is 26.0 Å². The lowest BCUT2D eigenvalue weighted by Gasteiger charge is -2.36. The molecule has 2 aliphatic rings. The molecule has 1 nitrogen and oxygen atoms in total. The summed E-state index contributed by atoms with van der Waals surface area (Å²) in [5.74, 6) is 2.64. The topological polar surface area (TPSA) is 17.1 Å². The van der Waals surface area contributed by atoms with Crippen LogP contribution >= 0.6 is 0 Å². The molecule has 0 spiro atoms. The molecule has 0 saturated heterocycles. The standard InChI is InChI=1S/C14H22O/c1-14(2)12-8-7-11(10-12)13(14)6-4-3-5-9-15/h4,6,9,11-13H,3,5,7-8,10H2,1-2H3/b6-4+. The van der Waals surface area contributed by atoms with Crippen molar-refractivity contribution in [2.24, 2.45) is 23.2 Å². The Bertz CT molecular complexity index is 265. The number of unbranched alkanes of at least 4 members (excludes halogenated alkanes) is 1. The maximum Gasteiger partial charge on any atom is 0.120 e. The number of hydrogen-bond acceptors (Lipinski definition) is 1. The summed E-state index contributed by atoms with van der Waals surface area (Å²) < 4.78 is 0. The van der Waals surface area contributed by atoms with Crippen LogP contribution in [-0.2, 0) is 4.79 Å². The molecule has 0 N–H and O–H groups in total. The second kappa shape index (κ2) is 4.11. The van der Waals surface area contributed by atoms with Gasteiger partial charge in [0.1, 0.15) is 6.29 Å². The summed E-state index contributed by atoms with van der Waals surface area (Å²) in [7, 11) is 0. The van der Waals surface area contributed by atoms with E-state index in [-0.39, 0.29) is 0 Å². The SMILES string of the molecule is CC1(C)C2CCC(C2)C1/C=C/CCC=O. The summed E-state index contributed by atoms with van der Waals surface area (Å²) in [6.07, 6.45) is 11.5. The highest BCUT2D eigenvalue weighted by Gasteiger charge is 2.51. The Labute approximate surface area is 92.9 Å². The third-order valence-electron chi connectivity index (χ3n) is 4.69. The van der Waals surface area contributed by atoms with Gasteiger partial charge in [-0.05, 0) is 48.9 Å². The molecule has 15 heavy (non-hydrogen) atoms. The van der Waals surface area contributed by atoms with Crippen molar-refractivity contribution in [2.75, 3.05) is 0 Å². The van der Waals surface area contributed by atoms with Crippen LogP contribution in [0.1, 0.15) is 46.0 Å². The quantitative estimate of drug-likeness (QED) is 0.390. The number of carbonyl (C=O) groups excluding carboxylic acids is 1. The fourth-order valence-electron chi connectivity index (χ4n) is 3.71. The maximum atomic E-state index is 10.2. The minimum atomic E-state index is 0.501. The monoisotopic (exact) mass is 206 g/mol.